The highest BCUT2D eigenvalue weighted by Crippen LogP contribution is 2.31. The summed E-state index contributed by atoms with van der Waals surface area (Å²) in [5, 5.41) is 2.73. The minimum atomic E-state index is -0.661. The zero-order chi connectivity index (χ0) is 20.4. The van der Waals surface area contributed by atoms with Gasteiger partial charge in [0.15, 0.2) is 6.61 Å². The molecule has 1 aromatic carbocycles. The van der Waals surface area contributed by atoms with Gasteiger partial charge in [0, 0.05) is 10.9 Å². The molecule has 0 unspecified atom stereocenters. The number of hydrogen-bond acceptors (Lipinski definition) is 7. The van der Waals surface area contributed by atoms with Gasteiger partial charge in [-0.2, -0.15) is 0 Å². The molecule has 150 valence electrons. The maximum atomic E-state index is 12.7. The molecule has 1 saturated carbocycles. The Morgan fingerprint density at radius 1 is 1.28 bits per heavy atom. The lowest BCUT2D eigenvalue weighted by atomic mass is 10.2. The van der Waals surface area contributed by atoms with Crippen LogP contribution in [-0.2, 0) is 20.9 Å². The van der Waals surface area contributed by atoms with E-state index in [1.54, 1.807) is 7.11 Å². The van der Waals surface area contributed by atoms with Gasteiger partial charge in [-0.25, -0.2) is 4.98 Å². The van der Waals surface area contributed by atoms with E-state index in [2.05, 4.69) is 10.3 Å². The van der Waals surface area contributed by atoms with Crippen molar-refractivity contribution < 1.29 is 19.1 Å². The van der Waals surface area contributed by atoms with Crippen LogP contribution in [0.2, 0.25) is 0 Å². The average Bonchev–Trinajstić information content (AvgIpc) is 3.43. The Morgan fingerprint density at radius 3 is 2.72 bits per heavy atom. The lowest BCUT2D eigenvalue weighted by Gasteiger charge is -2.07. The molecule has 2 heterocycles. The number of carbonyl (C=O) groups excluding carboxylic acids is 2. The third kappa shape index (κ3) is 4.45. The Balaban J connectivity index is 1.47. The quantitative estimate of drug-likeness (QED) is 0.595. The molecule has 3 aromatic rings. The van der Waals surface area contributed by atoms with E-state index < -0.39 is 5.97 Å². The number of thiophene rings is 1. The smallest absolute Gasteiger partial charge is 0.326 e. The Kier molecular flexibility index (Phi) is 5.30. The van der Waals surface area contributed by atoms with Crippen molar-refractivity contribution in [2.24, 2.45) is 0 Å². The first kappa shape index (κ1) is 19.1. The summed E-state index contributed by atoms with van der Waals surface area (Å²) in [6, 6.07) is 9.56. The molecule has 9 heteroatoms. The topological polar surface area (TPSA) is 99.5 Å². The maximum Gasteiger partial charge on any atom is 0.326 e. The zero-order valence-corrected chi connectivity index (χ0v) is 16.5. The third-order valence-corrected chi connectivity index (χ3v) is 5.65. The first-order valence-electron chi connectivity index (χ1n) is 9.12. The molecule has 29 heavy (non-hydrogen) atoms. The summed E-state index contributed by atoms with van der Waals surface area (Å²) >= 11 is 1.31. The monoisotopic (exact) mass is 413 g/mol. The largest absolute Gasteiger partial charge is 0.497 e. The first-order chi connectivity index (χ1) is 14.0. The fraction of sp³-hybridized carbons (Fsp3) is 0.300. The fourth-order valence-corrected chi connectivity index (χ4v) is 3.85. The molecule has 1 N–H and O–H groups in total. The number of ether oxygens (including phenoxy) is 2. The van der Waals surface area contributed by atoms with Crippen LogP contribution in [0.1, 0.15) is 12.8 Å². The number of nitrogens with zero attached hydrogens (tertiary/aromatic N) is 2. The van der Waals surface area contributed by atoms with Gasteiger partial charge in [-0.3, -0.25) is 19.0 Å². The molecule has 8 nitrogen and oxygen atoms in total. The van der Waals surface area contributed by atoms with Crippen molar-refractivity contribution in [3.8, 4) is 16.2 Å². The summed E-state index contributed by atoms with van der Waals surface area (Å²) in [6.07, 6.45) is 3.24. The summed E-state index contributed by atoms with van der Waals surface area (Å²) in [4.78, 5) is 41.5. The summed E-state index contributed by atoms with van der Waals surface area (Å²) in [6.45, 7) is -0.644. The van der Waals surface area contributed by atoms with Gasteiger partial charge in [0.1, 0.15) is 17.0 Å². The number of amides is 1. The van der Waals surface area contributed by atoms with Gasteiger partial charge >= 0.3 is 5.97 Å². The molecule has 4 rings (SSSR count). The zero-order valence-electron chi connectivity index (χ0n) is 15.7. The summed E-state index contributed by atoms with van der Waals surface area (Å²) < 4.78 is 11.8. The molecule has 0 atom stereocenters. The predicted octanol–water partition coefficient (Wildman–Crippen LogP) is 1.96. The highest BCUT2D eigenvalue weighted by Gasteiger charge is 2.23. The van der Waals surface area contributed by atoms with Crippen molar-refractivity contribution in [2.75, 3.05) is 13.7 Å². The molecule has 0 saturated heterocycles. The third-order valence-electron chi connectivity index (χ3n) is 4.48. The van der Waals surface area contributed by atoms with E-state index >= 15 is 0 Å². The van der Waals surface area contributed by atoms with E-state index in [1.807, 2.05) is 30.3 Å². The number of benzene rings is 1. The van der Waals surface area contributed by atoms with Crippen LogP contribution in [0.15, 0.2) is 41.5 Å². The second kappa shape index (κ2) is 8.04. The van der Waals surface area contributed by atoms with Crippen molar-refractivity contribution in [1.82, 2.24) is 14.9 Å². The van der Waals surface area contributed by atoms with Crippen LogP contribution in [0.4, 0.5) is 0 Å². The van der Waals surface area contributed by atoms with Gasteiger partial charge in [-0.15, -0.1) is 11.3 Å². The van der Waals surface area contributed by atoms with E-state index in [0.717, 1.165) is 29.0 Å². The minimum Gasteiger partial charge on any atom is -0.497 e. The lowest BCUT2D eigenvalue weighted by Crippen LogP contribution is -2.32. The van der Waals surface area contributed by atoms with E-state index in [1.165, 1.54) is 22.2 Å². The van der Waals surface area contributed by atoms with Gasteiger partial charge in [-0.05, 0) is 48.7 Å². The fourth-order valence-electron chi connectivity index (χ4n) is 2.78. The van der Waals surface area contributed by atoms with E-state index in [-0.39, 0.29) is 30.7 Å². The van der Waals surface area contributed by atoms with Gasteiger partial charge in [0.25, 0.3) is 11.5 Å². The molecule has 2 aromatic heterocycles. The molecule has 0 spiro atoms. The SMILES string of the molecule is COc1ccc(-c2cc3ncn(CC(=O)OCC(=O)NC4CC4)c(=O)c3s2)cc1. The van der Waals surface area contributed by atoms with Gasteiger partial charge in [0.05, 0.1) is 19.0 Å². The molecular weight excluding hydrogens is 394 g/mol. The van der Waals surface area contributed by atoms with Crippen molar-refractivity contribution >= 4 is 33.4 Å². The number of methoxy groups -OCH3 is 1. The van der Waals surface area contributed by atoms with Crippen molar-refractivity contribution in [3.63, 3.8) is 0 Å². The molecule has 0 radical (unpaired) electrons. The molecule has 0 aliphatic heterocycles. The van der Waals surface area contributed by atoms with Crippen LogP contribution in [0.5, 0.6) is 5.75 Å². The average molecular weight is 413 g/mol. The van der Waals surface area contributed by atoms with Crippen LogP contribution in [0.3, 0.4) is 0 Å². The Bertz CT molecular complexity index is 1120. The van der Waals surface area contributed by atoms with Crippen LogP contribution in [0, 0.1) is 0 Å². The molecule has 1 aliphatic carbocycles. The second-order valence-corrected chi connectivity index (χ2v) is 7.79. The standard InChI is InChI=1S/C20H19N3O5S/c1-27-14-6-2-12(3-7-14)16-8-15-19(29-16)20(26)23(11-21-15)9-18(25)28-10-17(24)22-13-4-5-13/h2-3,6-8,11,13H,4-5,9-10H2,1H3,(H,22,24). The lowest BCUT2D eigenvalue weighted by molar-refractivity contribution is -0.149. The number of nitrogens with one attached hydrogen (secondary N) is 1. The highest BCUT2D eigenvalue weighted by molar-refractivity contribution is 7.22. The number of rotatable bonds is 7. The maximum absolute atomic E-state index is 12.7. The summed E-state index contributed by atoms with van der Waals surface area (Å²) in [5.41, 5.74) is 1.19. The minimum absolute atomic E-state index is 0.203. The normalized spacial score (nSPS) is 13.3. The van der Waals surface area contributed by atoms with E-state index in [4.69, 9.17) is 9.47 Å². The Hall–Kier alpha value is -3.20. The summed E-state index contributed by atoms with van der Waals surface area (Å²) in [7, 11) is 1.60. The van der Waals surface area contributed by atoms with Crippen LogP contribution >= 0.6 is 11.3 Å². The van der Waals surface area contributed by atoms with Gasteiger partial charge in [-0.1, -0.05) is 0 Å². The van der Waals surface area contributed by atoms with Crippen LogP contribution in [-0.4, -0.2) is 41.2 Å². The van der Waals surface area contributed by atoms with Crippen molar-refractivity contribution in [1.29, 1.82) is 0 Å². The number of fused-ring (bicyclic) bond motifs is 1. The molecule has 0 bridgehead atoms. The van der Waals surface area contributed by atoms with Gasteiger partial charge < -0.3 is 14.8 Å². The number of carbonyl (C=O) groups is 2. The van der Waals surface area contributed by atoms with Gasteiger partial charge in [0.2, 0.25) is 0 Å². The molecule has 1 fully saturated rings. The highest BCUT2D eigenvalue weighted by atomic mass is 32.1. The summed E-state index contributed by atoms with van der Waals surface area (Å²) in [5.74, 6) is -0.241. The number of hydrogen-bond donors (Lipinski definition) is 1. The first-order valence-corrected chi connectivity index (χ1v) is 9.93. The predicted molar refractivity (Wildman–Crippen MR) is 108 cm³/mol. The molecular formula is C20H19N3O5S. The molecule has 1 amide bonds. The van der Waals surface area contributed by atoms with Crippen LogP contribution < -0.4 is 15.6 Å². The second-order valence-electron chi connectivity index (χ2n) is 6.73. The number of aromatic nitrogens is 2. The van der Waals surface area contributed by atoms with Crippen molar-refractivity contribution in [2.45, 2.75) is 25.4 Å². The Labute approximate surface area is 170 Å². The van der Waals surface area contributed by atoms with E-state index in [0.29, 0.717) is 10.2 Å². The number of esters is 1. The van der Waals surface area contributed by atoms with E-state index in [9.17, 15) is 14.4 Å². The van der Waals surface area contributed by atoms with Crippen LogP contribution in [0.25, 0.3) is 20.7 Å². The molecule has 1 aliphatic rings. The Morgan fingerprint density at radius 2 is 2.03 bits per heavy atom. The van der Waals surface area contributed by atoms with Crippen molar-refractivity contribution in [3.05, 3.63) is 47.0 Å².